The van der Waals surface area contributed by atoms with E-state index in [4.69, 9.17) is 10.5 Å². The lowest BCUT2D eigenvalue weighted by atomic mass is 9.99. The molecule has 2 rings (SSSR count). The van der Waals surface area contributed by atoms with Gasteiger partial charge in [-0.05, 0) is 57.8 Å². The molecule has 0 aromatic carbocycles. The molecule has 0 amide bonds. The van der Waals surface area contributed by atoms with E-state index in [-0.39, 0.29) is 24.0 Å². The van der Waals surface area contributed by atoms with Crippen LogP contribution in [0.5, 0.6) is 0 Å². The van der Waals surface area contributed by atoms with Crippen molar-refractivity contribution in [3.63, 3.8) is 0 Å². The quantitative estimate of drug-likeness (QED) is 0.252. The van der Waals surface area contributed by atoms with Gasteiger partial charge in [0.25, 0.3) is 0 Å². The van der Waals surface area contributed by atoms with E-state index in [2.05, 4.69) is 27.0 Å². The topological polar surface area (TPSA) is 66.1 Å². The molecule has 2 aliphatic rings. The molecular formula is C17H36IN5O. The molecule has 2 heterocycles. The third kappa shape index (κ3) is 9.39. The van der Waals surface area contributed by atoms with E-state index < -0.39 is 0 Å². The summed E-state index contributed by atoms with van der Waals surface area (Å²) >= 11 is 0. The van der Waals surface area contributed by atoms with Gasteiger partial charge in [0.05, 0.1) is 13.2 Å². The number of ether oxygens (including phenoxy) is 1. The summed E-state index contributed by atoms with van der Waals surface area (Å²) in [6.07, 6.45) is 4.89. The molecule has 0 unspecified atom stereocenters. The second-order valence-electron chi connectivity index (χ2n) is 6.88. The van der Waals surface area contributed by atoms with Crippen molar-refractivity contribution in [1.82, 2.24) is 15.1 Å². The van der Waals surface area contributed by atoms with Crippen molar-refractivity contribution in [3.8, 4) is 0 Å². The van der Waals surface area contributed by atoms with Crippen molar-refractivity contribution in [1.29, 1.82) is 0 Å². The van der Waals surface area contributed by atoms with Crippen LogP contribution in [0.3, 0.4) is 0 Å². The molecule has 24 heavy (non-hydrogen) atoms. The molecule has 142 valence electrons. The number of nitrogens with zero attached hydrogens (tertiary/aromatic N) is 3. The lowest BCUT2D eigenvalue weighted by molar-refractivity contribution is 0.0376. The predicted octanol–water partition coefficient (Wildman–Crippen LogP) is 1.35. The monoisotopic (exact) mass is 453 g/mol. The second kappa shape index (κ2) is 13.1. The van der Waals surface area contributed by atoms with Crippen molar-refractivity contribution in [3.05, 3.63) is 0 Å². The van der Waals surface area contributed by atoms with E-state index in [0.29, 0.717) is 5.96 Å². The van der Waals surface area contributed by atoms with Crippen LogP contribution in [0.25, 0.3) is 0 Å². The highest BCUT2D eigenvalue weighted by Gasteiger charge is 2.14. The average Bonchev–Trinajstić information content (AvgIpc) is 2.58. The van der Waals surface area contributed by atoms with Gasteiger partial charge in [-0.25, -0.2) is 0 Å². The zero-order chi connectivity index (χ0) is 16.3. The number of aliphatic imine (C=N–C) groups is 1. The summed E-state index contributed by atoms with van der Waals surface area (Å²) in [5, 5.41) is 3.22. The van der Waals surface area contributed by atoms with Crippen LogP contribution in [0.15, 0.2) is 4.99 Å². The van der Waals surface area contributed by atoms with Crippen LogP contribution in [0.2, 0.25) is 0 Å². The number of morpholine rings is 1. The summed E-state index contributed by atoms with van der Waals surface area (Å²) in [6.45, 7) is 12.7. The minimum absolute atomic E-state index is 0. The molecule has 2 aliphatic heterocycles. The Kier molecular flexibility index (Phi) is 12.0. The van der Waals surface area contributed by atoms with Crippen molar-refractivity contribution < 1.29 is 4.74 Å². The van der Waals surface area contributed by atoms with Gasteiger partial charge in [-0.2, -0.15) is 0 Å². The third-order valence-electron chi connectivity index (χ3n) is 4.85. The highest BCUT2D eigenvalue weighted by atomic mass is 127. The Labute approximate surface area is 164 Å². The SMILES string of the molecule is CC1CCN(CCCN=C(N)NCCCN2CCOCC2)CC1.I. The number of piperidine rings is 1. The molecule has 0 atom stereocenters. The van der Waals surface area contributed by atoms with Gasteiger partial charge in [0.2, 0.25) is 0 Å². The third-order valence-corrected chi connectivity index (χ3v) is 4.85. The first kappa shape index (κ1) is 21.9. The van der Waals surface area contributed by atoms with Gasteiger partial charge in [0.1, 0.15) is 0 Å². The first-order valence-corrected chi connectivity index (χ1v) is 9.30. The maximum absolute atomic E-state index is 5.92. The van der Waals surface area contributed by atoms with E-state index in [1.165, 1.54) is 25.9 Å². The summed E-state index contributed by atoms with van der Waals surface area (Å²) in [4.78, 5) is 9.43. The number of rotatable bonds is 8. The number of hydrogen-bond acceptors (Lipinski definition) is 4. The van der Waals surface area contributed by atoms with Crippen LogP contribution in [0.4, 0.5) is 0 Å². The first-order valence-electron chi connectivity index (χ1n) is 9.30. The standard InChI is InChI=1S/C17H35N5O.HI/c1-16-4-10-21(11-5-16)8-2-6-19-17(18)20-7-3-9-22-12-14-23-15-13-22;/h16H,2-15H2,1H3,(H3,18,19,20);1H. The molecular weight excluding hydrogens is 417 g/mol. The lowest BCUT2D eigenvalue weighted by Crippen LogP contribution is -2.39. The average molecular weight is 453 g/mol. The number of nitrogens with one attached hydrogen (secondary N) is 1. The Morgan fingerprint density at radius 3 is 2.42 bits per heavy atom. The second-order valence-corrected chi connectivity index (χ2v) is 6.88. The van der Waals surface area contributed by atoms with Crippen LogP contribution in [-0.4, -0.2) is 81.3 Å². The number of likely N-dealkylation sites (tertiary alicyclic amines) is 1. The minimum atomic E-state index is 0. The smallest absolute Gasteiger partial charge is 0.188 e. The predicted molar refractivity (Wildman–Crippen MR) is 111 cm³/mol. The number of nitrogens with two attached hydrogens (primary N) is 1. The highest BCUT2D eigenvalue weighted by Crippen LogP contribution is 2.15. The summed E-state index contributed by atoms with van der Waals surface area (Å²) in [6, 6.07) is 0. The minimum Gasteiger partial charge on any atom is -0.379 e. The molecule has 0 saturated carbocycles. The van der Waals surface area contributed by atoms with Gasteiger partial charge in [-0.15, -0.1) is 24.0 Å². The fraction of sp³-hybridized carbons (Fsp3) is 0.941. The summed E-state index contributed by atoms with van der Waals surface area (Å²) in [5.41, 5.74) is 5.92. The van der Waals surface area contributed by atoms with Gasteiger partial charge >= 0.3 is 0 Å². The molecule has 0 aromatic heterocycles. The normalized spacial score (nSPS) is 21.5. The Balaban J connectivity index is 0.00000288. The molecule has 0 aliphatic carbocycles. The molecule has 0 spiro atoms. The van der Waals surface area contributed by atoms with Gasteiger partial charge < -0.3 is 20.7 Å². The van der Waals surface area contributed by atoms with E-state index >= 15 is 0 Å². The van der Waals surface area contributed by atoms with Crippen molar-refractivity contribution in [2.75, 3.05) is 65.6 Å². The Morgan fingerprint density at radius 2 is 1.71 bits per heavy atom. The molecule has 7 heteroatoms. The van der Waals surface area contributed by atoms with Crippen molar-refractivity contribution in [2.45, 2.75) is 32.6 Å². The van der Waals surface area contributed by atoms with Crippen molar-refractivity contribution >= 4 is 29.9 Å². The molecule has 2 saturated heterocycles. The summed E-state index contributed by atoms with van der Waals surface area (Å²) < 4.78 is 5.35. The van der Waals surface area contributed by atoms with Gasteiger partial charge in [0.15, 0.2) is 5.96 Å². The number of guanidine groups is 1. The molecule has 0 radical (unpaired) electrons. The van der Waals surface area contributed by atoms with Crippen LogP contribution in [0, 0.1) is 5.92 Å². The zero-order valence-corrected chi connectivity index (χ0v) is 17.5. The fourth-order valence-corrected chi connectivity index (χ4v) is 3.18. The van der Waals surface area contributed by atoms with Crippen LogP contribution in [-0.2, 0) is 4.74 Å². The van der Waals surface area contributed by atoms with Gasteiger partial charge in [-0.1, -0.05) is 6.92 Å². The Morgan fingerprint density at radius 1 is 1.08 bits per heavy atom. The highest BCUT2D eigenvalue weighted by molar-refractivity contribution is 14.0. The molecule has 3 N–H and O–H groups in total. The Bertz CT molecular complexity index is 342. The van der Waals surface area contributed by atoms with E-state index in [0.717, 1.165) is 71.2 Å². The molecule has 0 aromatic rings. The zero-order valence-electron chi connectivity index (χ0n) is 15.2. The summed E-state index contributed by atoms with van der Waals surface area (Å²) in [7, 11) is 0. The lowest BCUT2D eigenvalue weighted by Gasteiger charge is -2.29. The largest absolute Gasteiger partial charge is 0.379 e. The molecule has 0 bridgehead atoms. The maximum atomic E-state index is 5.92. The number of hydrogen-bond donors (Lipinski definition) is 2. The summed E-state index contributed by atoms with van der Waals surface area (Å²) in [5.74, 6) is 1.50. The van der Waals surface area contributed by atoms with Crippen LogP contribution >= 0.6 is 24.0 Å². The van der Waals surface area contributed by atoms with Crippen LogP contribution < -0.4 is 11.1 Å². The van der Waals surface area contributed by atoms with E-state index in [1.54, 1.807) is 0 Å². The molecule has 6 nitrogen and oxygen atoms in total. The number of halogens is 1. The first-order chi connectivity index (χ1) is 11.2. The van der Waals surface area contributed by atoms with Crippen LogP contribution in [0.1, 0.15) is 32.6 Å². The van der Waals surface area contributed by atoms with E-state index in [1.807, 2.05) is 0 Å². The molecule has 2 fully saturated rings. The van der Waals surface area contributed by atoms with Crippen molar-refractivity contribution in [2.24, 2.45) is 16.6 Å². The van der Waals surface area contributed by atoms with E-state index in [9.17, 15) is 0 Å². The van der Waals surface area contributed by atoms with Gasteiger partial charge in [-0.3, -0.25) is 9.89 Å². The fourth-order valence-electron chi connectivity index (χ4n) is 3.18. The Hall–Kier alpha value is -0.120. The van der Waals surface area contributed by atoms with Gasteiger partial charge in [0, 0.05) is 26.2 Å². The maximum Gasteiger partial charge on any atom is 0.188 e.